The first kappa shape index (κ1) is 16.7. The smallest absolute Gasteiger partial charge is 0.290 e. The number of thiophene rings is 1. The lowest BCUT2D eigenvalue weighted by Gasteiger charge is -2.33. The SMILES string of the molecule is COc1cc2c(cc1OC)C1C(C(=O)c3cccs3)=C(O)C(=O)N1CC2. The Kier molecular flexibility index (Phi) is 3.96. The molecule has 7 heteroatoms. The Balaban J connectivity index is 1.87. The van der Waals surface area contributed by atoms with Crippen molar-refractivity contribution in [1.82, 2.24) is 4.90 Å². The lowest BCUT2D eigenvalue weighted by Crippen LogP contribution is -2.37. The molecule has 4 rings (SSSR count). The van der Waals surface area contributed by atoms with E-state index in [1.807, 2.05) is 6.07 Å². The maximum Gasteiger partial charge on any atom is 0.290 e. The molecule has 2 aliphatic rings. The number of ether oxygens (including phenoxy) is 2. The number of rotatable bonds is 4. The number of ketones is 1. The number of benzene rings is 1. The van der Waals surface area contributed by atoms with Gasteiger partial charge >= 0.3 is 0 Å². The molecule has 0 radical (unpaired) electrons. The third kappa shape index (κ3) is 2.31. The summed E-state index contributed by atoms with van der Waals surface area (Å²) in [6.07, 6.45) is 0.617. The van der Waals surface area contributed by atoms with Crippen LogP contribution in [0.4, 0.5) is 0 Å². The zero-order valence-electron chi connectivity index (χ0n) is 14.3. The number of aliphatic hydroxyl groups excluding tert-OH is 1. The maximum atomic E-state index is 13.0. The molecule has 0 saturated carbocycles. The second-order valence-corrected chi connectivity index (χ2v) is 7.07. The molecule has 1 unspecified atom stereocenters. The van der Waals surface area contributed by atoms with Crippen LogP contribution in [0, 0.1) is 0 Å². The molecule has 0 spiro atoms. The average Bonchev–Trinajstić information content (AvgIpc) is 3.28. The number of carbonyl (C=O) groups is 2. The Bertz CT molecular complexity index is 932. The molecule has 26 heavy (non-hydrogen) atoms. The van der Waals surface area contributed by atoms with Crippen molar-refractivity contribution < 1.29 is 24.2 Å². The highest BCUT2D eigenvalue weighted by Gasteiger charge is 2.46. The fraction of sp³-hybridized carbons (Fsp3) is 0.263. The molecular weight excluding hydrogens is 354 g/mol. The zero-order valence-corrected chi connectivity index (χ0v) is 15.1. The number of hydrogen-bond acceptors (Lipinski definition) is 6. The van der Waals surface area contributed by atoms with Crippen LogP contribution in [0.15, 0.2) is 41.0 Å². The molecular formula is C19H17NO5S. The summed E-state index contributed by atoms with van der Waals surface area (Å²) in [5, 5.41) is 12.2. The van der Waals surface area contributed by atoms with Crippen molar-refractivity contribution >= 4 is 23.0 Å². The molecule has 1 aromatic carbocycles. The first-order chi connectivity index (χ1) is 12.6. The number of carbonyl (C=O) groups excluding carboxylic acids is 2. The summed E-state index contributed by atoms with van der Waals surface area (Å²) >= 11 is 1.29. The second kappa shape index (κ2) is 6.17. The summed E-state index contributed by atoms with van der Waals surface area (Å²) in [6, 6.07) is 6.52. The van der Waals surface area contributed by atoms with Gasteiger partial charge in [0.25, 0.3) is 5.91 Å². The van der Waals surface area contributed by atoms with Crippen molar-refractivity contribution in [2.24, 2.45) is 0 Å². The largest absolute Gasteiger partial charge is 0.503 e. The summed E-state index contributed by atoms with van der Waals surface area (Å²) in [7, 11) is 3.10. The van der Waals surface area contributed by atoms with Crippen LogP contribution in [-0.2, 0) is 11.2 Å². The fourth-order valence-electron chi connectivity index (χ4n) is 3.63. The minimum Gasteiger partial charge on any atom is -0.503 e. The molecule has 2 aliphatic heterocycles. The van der Waals surface area contributed by atoms with E-state index in [0.29, 0.717) is 29.3 Å². The van der Waals surface area contributed by atoms with Crippen LogP contribution in [0.1, 0.15) is 26.8 Å². The summed E-state index contributed by atoms with van der Waals surface area (Å²) in [5.41, 5.74) is 1.89. The predicted octanol–water partition coefficient (Wildman–Crippen LogP) is 2.90. The monoisotopic (exact) mass is 371 g/mol. The van der Waals surface area contributed by atoms with Gasteiger partial charge in [0.2, 0.25) is 5.78 Å². The van der Waals surface area contributed by atoms with E-state index in [2.05, 4.69) is 0 Å². The van der Waals surface area contributed by atoms with E-state index in [-0.39, 0.29) is 11.4 Å². The first-order valence-corrected chi connectivity index (χ1v) is 9.02. The molecule has 0 bridgehead atoms. The Morgan fingerprint density at radius 2 is 2.00 bits per heavy atom. The van der Waals surface area contributed by atoms with Crippen LogP contribution < -0.4 is 9.47 Å². The van der Waals surface area contributed by atoms with Crippen LogP contribution in [0.25, 0.3) is 0 Å². The molecule has 0 saturated heterocycles. The van der Waals surface area contributed by atoms with Crippen LogP contribution in [-0.4, -0.2) is 42.5 Å². The summed E-state index contributed by atoms with van der Waals surface area (Å²) in [5.74, 6) is -0.161. The Morgan fingerprint density at radius 3 is 2.65 bits per heavy atom. The van der Waals surface area contributed by atoms with Gasteiger partial charge in [-0.3, -0.25) is 9.59 Å². The average molecular weight is 371 g/mol. The number of Topliss-reactive ketones (excluding diaryl/α,β-unsaturated/α-hetero) is 1. The topological polar surface area (TPSA) is 76.1 Å². The second-order valence-electron chi connectivity index (χ2n) is 6.13. The summed E-state index contributed by atoms with van der Waals surface area (Å²) in [6.45, 7) is 0.428. The number of fused-ring (bicyclic) bond motifs is 3. The van der Waals surface area contributed by atoms with E-state index >= 15 is 0 Å². The Hall–Kier alpha value is -2.80. The summed E-state index contributed by atoms with van der Waals surface area (Å²) < 4.78 is 10.7. The van der Waals surface area contributed by atoms with Crippen LogP contribution in [0.2, 0.25) is 0 Å². The molecule has 1 aromatic heterocycles. The van der Waals surface area contributed by atoms with Crippen molar-refractivity contribution in [3.8, 4) is 11.5 Å². The number of amides is 1. The zero-order chi connectivity index (χ0) is 18.4. The van der Waals surface area contributed by atoms with E-state index in [1.54, 1.807) is 35.6 Å². The van der Waals surface area contributed by atoms with Gasteiger partial charge in [-0.15, -0.1) is 11.3 Å². The standard InChI is InChI=1S/C19H17NO5S/c1-24-12-8-10-5-6-20-16(11(10)9-13(12)25-2)15(18(22)19(20)23)17(21)14-4-3-7-26-14/h3-4,7-9,16,22H,5-6H2,1-2H3. The lowest BCUT2D eigenvalue weighted by molar-refractivity contribution is -0.129. The Labute approximate surface area is 154 Å². The van der Waals surface area contributed by atoms with E-state index in [0.717, 1.165) is 11.1 Å². The molecule has 1 N–H and O–H groups in total. The Morgan fingerprint density at radius 1 is 1.27 bits per heavy atom. The third-order valence-electron chi connectivity index (χ3n) is 4.86. The van der Waals surface area contributed by atoms with Crippen LogP contribution >= 0.6 is 11.3 Å². The molecule has 1 amide bonds. The van der Waals surface area contributed by atoms with Gasteiger partial charge < -0.3 is 19.5 Å². The highest BCUT2D eigenvalue weighted by molar-refractivity contribution is 7.12. The van der Waals surface area contributed by atoms with Gasteiger partial charge in [-0.1, -0.05) is 6.07 Å². The van der Waals surface area contributed by atoms with E-state index in [4.69, 9.17) is 9.47 Å². The molecule has 3 heterocycles. The van der Waals surface area contributed by atoms with Crippen LogP contribution in [0.3, 0.4) is 0 Å². The van der Waals surface area contributed by atoms with Gasteiger partial charge in [-0.2, -0.15) is 0 Å². The molecule has 0 aliphatic carbocycles. The van der Waals surface area contributed by atoms with Crippen molar-refractivity contribution in [3.05, 3.63) is 57.0 Å². The molecule has 2 aromatic rings. The lowest BCUT2D eigenvalue weighted by atomic mass is 9.87. The number of methoxy groups -OCH3 is 2. The van der Waals surface area contributed by atoms with Gasteiger partial charge in [0.1, 0.15) is 0 Å². The highest BCUT2D eigenvalue weighted by atomic mass is 32.1. The summed E-state index contributed by atoms with van der Waals surface area (Å²) in [4.78, 5) is 27.5. The van der Waals surface area contributed by atoms with Gasteiger partial charge in [-0.05, 0) is 41.1 Å². The quantitative estimate of drug-likeness (QED) is 0.837. The molecule has 6 nitrogen and oxygen atoms in total. The number of hydrogen-bond donors (Lipinski definition) is 1. The van der Waals surface area contributed by atoms with Crippen LogP contribution in [0.5, 0.6) is 11.5 Å². The van der Waals surface area contributed by atoms with Crippen molar-refractivity contribution in [2.45, 2.75) is 12.5 Å². The third-order valence-corrected chi connectivity index (χ3v) is 5.72. The van der Waals surface area contributed by atoms with E-state index in [9.17, 15) is 14.7 Å². The van der Waals surface area contributed by atoms with Crippen molar-refractivity contribution in [3.63, 3.8) is 0 Å². The minimum atomic E-state index is -0.611. The number of nitrogens with zero attached hydrogens (tertiary/aromatic N) is 1. The van der Waals surface area contributed by atoms with Crippen molar-refractivity contribution in [2.75, 3.05) is 20.8 Å². The van der Waals surface area contributed by atoms with Gasteiger partial charge in [-0.25, -0.2) is 0 Å². The predicted molar refractivity (Wildman–Crippen MR) is 96.0 cm³/mol. The highest BCUT2D eigenvalue weighted by Crippen LogP contribution is 2.46. The molecule has 0 fully saturated rings. The minimum absolute atomic E-state index is 0.130. The molecule has 1 atom stereocenters. The maximum absolute atomic E-state index is 13.0. The van der Waals surface area contributed by atoms with Gasteiger partial charge in [0.15, 0.2) is 17.3 Å². The first-order valence-electron chi connectivity index (χ1n) is 8.14. The van der Waals surface area contributed by atoms with E-state index in [1.165, 1.54) is 18.4 Å². The van der Waals surface area contributed by atoms with Crippen molar-refractivity contribution in [1.29, 1.82) is 0 Å². The fourth-order valence-corrected chi connectivity index (χ4v) is 4.31. The van der Waals surface area contributed by atoms with Gasteiger partial charge in [0.05, 0.1) is 30.7 Å². The van der Waals surface area contributed by atoms with Gasteiger partial charge in [0, 0.05) is 6.54 Å². The normalized spacial score (nSPS) is 18.6. The molecule has 134 valence electrons. The number of aliphatic hydroxyl groups is 1. The van der Waals surface area contributed by atoms with E-state index < -0.39 is 17.7 Å².